The molecular formula is C14H23NO4. The van der Waals surface area contributed by atoms with Crippen LogP contribution in [0.5, 0.6) is 0 Å². The molecule has 1 aliphatic carbocycles. The maximum atomic E-state index is 12.0. The molecule has 0 aromatic carbocycles. The first kappa shape index (κ1) is 14.2. The number of aliphatic carboxylic acids is 1. The summed E-state index contributed by atoms with van der Waals surface area (Å²) in [6, 6.07) is 0. The van der Waals surface area contributed by atoms with Gasteiger partial charge in [0.15, 0.2) is 0 Å². The molecule has 2 rings (SSSR count). The molecule has 0 aromatic heterocycles. The number of ether oxygens (including phenoxy) is 1. The lowest BCUT2D eigenvalue weighted by Gasteiger charge is -2.26. The van der Waals surface area contributed by atoms with Crippen LogP contribution in [0.25, 0.3) is 0 Å². The van der Waals surface area contributed by atoms with Gasteiger partial charge >= 0.3 is 12.1 Å². The van der Waals surface area contributed by atoms with E-state index in [1.54, 1.807) is 4.90 Å². The first-order valence-electron chi connectivity index (χ1n) is 6.92. The summed E-state index contributed by atoms with van der Waals surface area (Å²) >= 11 is 0. The molecule has 5 heteroatoms. The minimum absolute atomic E-state index is 0.0139. The summed E-state index contributed by atoms with van der Waals surface area (Å²) in [6.07, 6.45) is 2.96. The first-order chi connectivity index (χ1) is 8.71. The Kier molecular flexibility index (Phi) is 3.49. The van der Waals surface area contributed by atoms with Gasteiger partial charge in [-0.05, 0) is 51.9 Å². The Morgan fingerprint density at radius 3 is 2.53 bits per heavy atom. The molecule has 1 spiro atoms. The molecule has 0 unspecified atom stereocenters. The van der Waals surface area contributed by atoms with E-state index in [9.17, 15) is 9.59 Å². The average Bonchev–Trinajstić information content (AvgIpc) is 2.85. The third-order valence-corrected chi connectivity index (χ3v) is 4.14. The molecule has 1 N–H and O–H groups in total. The number of nitrogens with zero attached hydrogens (tertiary/aromatic N) is 1. The number of carboxylic acid groups (broad SMARTS) is 1. The second kappa shape index (κ2) is 4.69. The number of hydrogen-bond acceptors (Lipinski definition) is 3. The molecule has 1 aliphatic heterocycles. The molecule has 2 atom stereocenters. The summed E-state index contributed by atoms with van der Waals surface area (Å²) in [5.74, 6) is -0.939. The lowest BCUT2D eigenvalue weighted by molar-refractivity contribution is -0.141. The Hall–Kier alpha value is -1.26. The Labute approximate surface area is 113 Å². The molecule has 1 saturated heterocycles. The van der Waals surface area contributed by atoms with Crippen LogP contribution in [-0.2, 0) is 9.53 Å². The van der Waals surface area contributed by atoms with E-state index in [1.807, 2.05) is 20.8 Å². The van der Waals surface area contributed by atoms with Crippen LogP contribution in [0.2, 0.25) is 0 Å². The number of carboxylic acids is 1. The highest BCUT2D eigenvalue weighted by molar-refractivity contribution is 5.71. The zero-order chi connectivity index (χ0) is 14.3. The van der Waals surface area contributed by atoms with Gasteiger partial charge in [-0.15, -0.1) is 0 Å². The average molecular weight is 269 g/mol. The molecule has 108 valence electrons. The van der Waals surface area contributed by atoms with Crippen LogP contribution in [-0.4, -0.2) is 40.8 Å². The molecule has 2 aliphatic rings. The second-order valence-electron chi connectivity index (χ2n) is 6.93. The van der Waals surface area contributed by atoms with Gasteiger partial charge in [-0.1, -0.05) is 0 Å². The van der Waals surface area contributed by atoms with Crippen molar-refractivity contribution in [2.24, 2.45) is 11.3 Å². The van der Waals surface area contributed by atoms with Crippen LogP contribution in [0.1, 0.15) is 46.5 Å². The fraction of sp³-hybridized carbons (Fsp3) is 0.857. The largest absolute Gasteiger partial charge is 0.481 e. The number of hydrogen-bond donors (Lipinski definition) is 1. The summed E-state index contributed by atoms with van der Waals surface area (Å²) in [6.45, 7) is 6.89. The molecule has 0 radical (unpaired) electrons. The Morgan fingerprint density at radius 1 is 1.32 bits per heavy atom. The van der Waals surface area contributed by atoms with Gasteiger partial charge < -0.3 is 14.7 Å². The van der Waals surface area contributed by atoms with Crippen LogP contribution in [0.3, 0.4) is 0 Å². The van der Waals surface area contributed by atoms with E-state index in [2.05, 4.69) is 0 Å². The predicted octanol–water partition coefficient (Wildman–Crippen LogP) is 2.50. The fourth-order valence-corrected chi connectivity index (χ4v) is 3.21. The topological polar surface area (TPSA) is 66.8 Å². The smallest absolute Gasteiger partial charge is 0.410 e. The van der Waals surface area contributed by atoms with Gasteiger partial charge in [0.05, 0.1) is 5.92 Å². The molecule has 1 heterocycles. The SMILES string of the molecule is CC(C)(C)OC(=O)N1CC[C@@]2(CC[C@H](C(=O)O)C2)C1. The van der Waals surface area contributed by atoms with E-state index in [0.29, 0.717) is 19.5 Å². The highest BCUT2D eigenvalue weighted by Gasteiger charge is 2.47. The van der Waals surface area contributed by atoms with Crippen molar-refractivity contribution < 1.29 is 19.4 Å². The number of carbonyl (C=O) groups excluding carboxylic acids is 1. The highest BCUT2D eigenvalue weighted by Crippen LogP contribution is 2.48. The summed E-state index contributed by atoms with van der Waals surface area (Å²) < 4.78 is 5.37. The summed E-state index contributed by atoms with van der Waals surface area (Å²) in [4.78, 5) is 24.8. The number of carbonyl (C=O) groups is 2. The van der Waals surface area contributed by atoms with Crippen molar-refractivity contribution in [2.45, 2.75) is 52.1 Å². The molecule has 0 bridgehead atoms. The molecular weight excluding hydrogens is 246 g/mol. The zero-order valence-corrected chi connectivity index (χ0v) is 11.9. The molecule has 5 nitrogen and oxygen atoms in total. The maximum Gasteiger partial charge on any atom is 0.410 e. The number of amides is 1. The molecule has 1 amide bonds. The van der Waals surface area contributed by atoms with Crippen LogP contribution in [0.15, 0.2) is 0 Å². The number of rotatable bonds is 1. The predicted molar refractivity (Wildman–Crippen MR) is 69.8 cm³/mol. The van der Waals surface area contributed by atoms with Crippen molar-refractivity contribution in [3.63, 3.8) is 0 Å². The third kappa shape index (κ3) is 3.19. The van der Waals surface area contributed by atoms with E-state index < -0.39 is 11.6 Å². The van der Waals surface area contributed by atoms with Crippen LogP contribution >= 0.6 is 0 Å². The van der Waals surface area contributed by atoms with Gasteiger partial charge in [-0.2, -0.15) is 0 Å². The van der Waals surface area contributed by atoms with Gasteiger partial charge in [0.2, 0.25) is 0 Å². The zero-order valence-electron chi connectivity index (χ0n) is 11.9. The second-order valence-corrected chi connectivity index (χ2v) is 6.93. The van der Waals surface area contributed by atoms with E-state index in [0.717, 1.165) is 19.3 Å². The molecule has 2 fully saturated rings. The Morgan fingerprint density at radius 2 is 2.00 bits per heavy atom. The van der Waals surface area contributed by atoms with Crippen LogP contribution < -0.4 is 0 Å². The van der Waals surface area contributed by atoms with Crippen molar-refractivity contribution in [3.8, 4) is 0 Å². The van der Waals surface area contributed by atoms with Crippen molar-refractivity contribution >= 4 is 12.1 Å². The summed E-state index contributed by atoms with van der Waals surface area (Å²) in [5.41, 5.74) is -0.466. The normalized spacial score (nSPS) is 30.9. The van der Waals surface area contributed by atoms with Crippen molar-refractivity contribution in [2.75, 3.05) is 13.1 Å². The standard InChI is InChI=1S/C14H23NO4/c1-13(2,3)19-12(18)15-7-6-14(9-15)5-4-10(8-14)11(16)17/h10H,4-9H2,1-3H3,(H,16,17)/t10-,14+/m0/s1. The Balaban J connectivity index is 1.93. The van der Waals surface area contributed by atoms with E-state index in [-0.39, 0.29) is 17.4 Å². The fourth-order valence-electron chi connectivity index (χ4n) is 3.21. The van der Waals surface area contributed by atoms with E-state index in [4.69, 9.17) is 9.84 Å². The molecule has 19 heavy (non-hydrogen) atoms. The van der Waals surface area contributed by atoms with Crippen LogP contribution in [0.4, 0.5) is 4.79 Å². The highest BCUT2D eigenvalue weighted by atomic mass is 16.6. The minimum Gasteiger partial charge on any atom is -0.481 e. The monoisotopic (exact) mass is 269 g/mol. The maximum absolute atomic E-state index is 12.0. The Bertz CT molecular complexity index is 387. The van der Waals surface area contributed by atoms with Crippen LogP contribution in [0, 0.1) is 11.3 Å². The lowest BCUT2D eigenvalue weighted by Crippen LogP contribution is -2.36. The van der Waals surface area contributed by atoms with Crippen molar-refractivity contribution in [1.82, 2.24) is 4.90 Å². The quantitative estimate of drug-likeness (QED) is 0.794. The van der Waals surface area contributed by atoms with Gasteiger partial charge in [-0.25, -0.2) is 4.79 Å². The van der Waals surface area contributed by atoms with Crippen molar-refractivity contribution in [3.05, 3.63) is 0 Å². The summed E-state index contributed by atoms with van der Waals surface area (Å²) in [5, 5.41) is 9.08. The molecule has 0 aromatic rings. The van der Waals surface area contributed by atoms with Crippen molar-refractivity contribution in [1.29, 1.82) is 0 Å². The summed E-state index contributed by atoms with van der Waals surface area (Å²) in [7, 11) is 0. The minimum atomic E-state index is -0.701. The van der Waals surface area contributed by atoms with Gasteiger partial charge in [0.25, 0.3) is 0 Å². The van der Waals surface area contributed by atoms with E-state index >= 15 is 0 Å². The van der Waals surface area contributed by atoms with Gasteiger partial charge in [0, 0.05) is 13.1 Å². The first-order valence-corrected chi connectivity index (χ1v) is 6.92. The van der Waals surface area contributed by atoms with E-state index in [1.165, 1.54) is 0 Å². The molecule has 1 saturated carbocycles. The lowest BCUT2D eigenvalue weighted by atomic mass is 9.84. The number of likely N-dealkylation sites (tertiary alicyclic amines) is 1. The van der Waals surface area contributed by atoms with Gasteiger partial charge in [0.1, 0.15) is 5.60 Å². The van der Waals surface area contributed by atoms with Gasteiger partial charge in [-0.3, -0.25) is 4.79 Å². The third-order valence-electron chi connectivity index (χ3n) is 4.14.